The zero-order valence-electron chi connectivity index (χ0n) is 9.40. The number of hydrogen-bond donors (Lipinski definition) is 1. The van der Waals surface area contributed by atoms with E-state index in [1.54, 1.807) is 0 Å². The standard InChI is InChI=1S/C12H16N2O2/c1-16-12(15)9-2-3-10-7-14(5-4-13)8-11(10)6-9/h2-3,6H,4-5,7-8,13H2,1H3. The van der Waals surface area contributed by atoms with Gasteiger partial charge in [-0.2, -0.15) is 0 Å². The van der Waals surface area contributed by atoms with Gasteiger partial charge < -0.3 is 10.5 Å². The first-order valence-electron chi connectivity index (χ1n) is 5.37. The van der Waals surface area contributed by atoms with Crippen LogP contribution < -0.4 is 5.73 Å². The van der Waals surface area contributed by atoms with Gasteiger partial charge in [0.05, 0.1) is 12.7 Å². The van der Waals surface area contributed by atoms with Crippen molar-refractivity contribution in [3.63, 3.8) is 0 Å². The summed E-state index contributed by atoms with van der Waals surface area (Å²) < 4.78 is 4.70. The summed E-state index contributed by atoms with van der Waals surface area (Å²) in [6.07, 6.45) is 0. The van der Waals surface area contributed by atoms with Crippen molar-refractivity contribution in [3.05, 3.63) is 34.9 Å². The van der Waals surface area contributed by atoms with Crippen molar-refractivity contribution < 1.29 is 9.53 Å². The first-order chi connectivity index (χ1) is 7.74. The third-order valence-electron chi connectivity index (χ3n) is 2.86. The second-order valence-corrected chi connectivity index (χ2v) is 3.97. The Bertz CT molecular complexity index is 404. The summed E-state index contributed by atoms with van der Waals surface area (Å²) in [5, 5.41) is 0. The molecule has 2 N–H and O–H groups in total. The summed E-state index contributed by atoms with van der Waals surface area (Å²) in [6, 6.07) is 5.73. The molecule has 0 saturated carbocycles. The van der Waals surface area contributed by atoms with Gasteiger partial charge in [0.2, 0.25) is 0 Å². The van der Waals surface area contributed by atoms with E-state index in [2.05, 4.69) is 4.90 Å². The van der Waals surface area contributed by atoms with Crippen molar-refractivity contribution in [2.24, 2.45) is 5.73 Å². The largest absolute Gasteiger partial charge is 0.465 e. The molecule has 0 atom stereocenters. The van der Waals surface area contributed by atoms with Gasteiger partial charge in [-0.1, -0.05) is 6.07 Å². The lowest BCUT2D eigenvalue weighted by Gasteiger charge is -2.11. The van der Waals surface area contributed by atoms with E-state index in [-0.39, 0.29) is 5.97 Å². The molecule has 86 valence electrons. The second-order valence-electron chi connectivity index (χ2n) is 3.97. The zero-order valence-corrected chi connectivity index (χ0v) is 9.40. The molecule has 1 aromatic rings. The molecule has 0 unspecified atom stereocenters. The van der Waals surface area contributed by atoms with Gasteiger partial charge >= 0.3 is 5.97 Å². The van der Waals surface area contributed by atoms with Gasteiger partial charge in [-0.05, 0) is 23.3 Å². The minimum absolute atomic E-state index is 0.278. The Morgan fingerprint density at radius 3 is 2.88 bits per heavy atom. The van der Waals surface area contributed by atoms with Crippen LogP contribution in [0, 0.1) is 0 Å². The molecule has 1 aliphatic heterocycles. The van der Waals surface area contributed by atoms with Gasteiger partial charge in [0.15, 0.2) is 0 Å². The SMILES string of the molecule is COC(=O)c1ccc2c(c1)CN(CCN)C2. The van der Waals surface area contributed by atoms with Crippen LogP contribution in [0.5, 0.6) is 0 Å². The van der Waals surface area contributed by atoms with E-state index in [1.165, 1.54) is 18.2 Å². The van der Waals surface area contributed by atoms with Gasteiger partial charge in [0, 0.05) is 26.2 Å². The van der Waals surface area contributed by atoms with E-state index in [0.717, 1.165) is 19.6 Å². The lowest BCUT2D eigenvalue weighted by molar-refractivity contribution is 0.0600. The number of rotatable bonds is 3. The topological polar surface area (TPSA) is 55.6 Å². The number of nitrogens with two attached hydrogens (primary N) is 1. The molecule has 4 nitrogen and oxygen atoms in total. The lowest BCUT2D eigenvalue weighted by atomic mass is 10.1. The first-order valence-corrected chi connectivity index (χ1v) is 5.37. The van der Waals surface area contributed by atoms with Crippen LogP contribution in [-0.4, -0.2) is 31.1 Å². The fraction of sp³-hybridized carbons (Fsp3) is 0.417. The van der Waals surface area contributed by atoms with Crippen LogP contribution in [0.2, 0.25) is 0 Å². The normalized spacial score (nSPS) is 14.9. The van der Waals surface area contributed by atoms with Crippen molar-refractivity contribution in [1.29, 1.82) is 0 Å². The van der Waals surface area contributed by atoms with E-state index in [0.29, 0.717) is 12.1 Å². The summed E-state index contributed by atoms with van der Waals surface area (Å²) in [5.74, 6) is -0.278. The van der Waals surface area contributed by atoms with Gasteiger partial charge in [0.1, 0.15) is 0 Å². The average Bonchev–Trinajstić information content (AvgIpc) is 2.69. The fourth-order valence-electron chi connectivity index (χ4n) is 2.05. The molecule has 4 heteroatoms. The van der Waals surface area contributed by atoms with Crippen molar-refractivity contribution in [1.82, 2.24) is 4.90 Å². The maximum absolute atomic E-state index is 11.4. The molecular weight excluding hydrogens is 204 g/mol. The second kappa shape index (κ2) is 4.63. The monoisotopic (exact) mass is 220 g/mol. The number of ether oxygens (including phenoxy) is 1. The summed E-state index contributed by atoms with van der Waals surface area (Å²) in [6.45, 7) is 3.35. The Balaban J connectivity index is 2.17. The van der Waals surface area contributed by atoms with Crippen LogP contribution in [0.25, 0.3) is 0 Å². The smallest absolute Gasteiger partial charge is 0.337 e. The van der Waals surface area contributed by atoms with E-state index >= 15 is 0 Å². The molecule has 0 spiro atoms. The molecule has 0 amide bonds. The number of nitrogens with zero attached hydrogens (tertiary/aromatic N) is 1. The van der Waals surface area contributed by atoms with Gasteiger partial charge in [-0.25, -0.2) is 4.79 Å². The highest BCUT2D eigenvalue weighted by Crippen LogP contribution is 2.23. The Hall–Kier alpha value is -1.39. The number of hydrogen-bond acceptors (Lipinski definition) is 4. The van der Waals surface area contributed by atoms with Crippen LogP contribution in [0.15, 0.2) is 18.2 Å². The van der Waals surface area contributed by atoms with Crippen molar-refractivity contribution >= 4 is 5.97 Å². The summed E-state index contributed by atoms with van der Waals surface area (Å²) in [7, 11) is 1.40. The van der Waals surface area contributed by atoms with Gasteiger partial charge in [-0.3, -0.25) is 4.90 Å². The average molecular weight is 220 g/mol. The van der Waals surface area contributed by atoms with E-state index < -0.39 is 0 Å². The van der Waals surface area contributed by atoms with E-state index in [4.69, 9.17) is 10.5 Å². The van der Waals surface area contributed by atoms with E-state index in [9.17, 15) is 4.79 Å². The Labute approximate surface area is 95.0 Å². The first kappa shape index (κ1) is 11.1. The number of esters is 1. The fourth-order valence-corrected chi connectivity index (χ4v) is 2.05. The van der Waals surface area contributed by atoms with Gasteiger partial charge in [-0.15, -0.1) is 0 Å². The third-order valence-corrected chi connectivity index (χ3v) is 2.86. The summed E-state index contributed by atoms with van der Waals surface area (Å²) in [4.78, 5) is 13.6. The Morgan fingerprint density at radius 2 is 2.19 bits per heavy atom. The molecule has 0 bridgehead atoms. The lowest BCUT2D eigenvalue weighted by Crippen LogP contribution is -2.24. The maximum atomic E-state index is 11.4. The van der Waals surface area contributed by atoms with E-state index in [1.807, 2.05) is 18.2 Å². The van der Waals surface area contributed by atoms with Crippen LogP contribution in [-0.2, 0) is 17.8 Å². The number of carbonyl (C=O) groups excluding carboxylic acids is 1. The number of carbonyl (C=O) groups is 1. The summed E-state index contributed by atoms with van der Waals surface area (Å²) in [5.41, 5.74) is 8.63. The van der Waals surface area contributed by atoms with Crippen LogP contribution >= 0.6 is 0 Å². The predicted molar refractivity (Wildman–Crippen MR) is 60.9 cm³/mol. The highest BCUT2D eigenvalue weighted by Gasteiger charge is 2.19. The molecule has 1 aromatic carbocycles. The number of fused-ring (bicyclic) bond motifs is 1. The molecule has 0 radical (unpaired) electrons. The quantitative estimate of drug-likeness (QED) is 0.764. The minimum atomic E-state index is -0.278. The molecule has 0 saturated heterocycles. The number of benzene rings is 1. The molecule has 0 aliphatic carbocycles. The predicted octanol–water partition coefficient (Wildman–Crippen LogP) is 0.747. The highest BCUT2D eigenvalue weighted by atomic mass is 16.5. The Morgan fingerprint density at radius 1 is 1.44 bits per heavy atom. The van der Waals surface area contributed by atoms with Gasteiger partial charge in [0.25, 0.3) is 0 Å². The van der Waals surface area contributed by atoms with Crippen molar-refractivity contribution in [2.45, 2.75) is 13.1 Å². The molecule has 2 rings (SSSR count). The molecular formula is C12H16N2O2. The maximum Gasteiger partial charge on any atom is 0.337 e. The molecule has 1 heterocycles. The molecule has 0 aromatic heterocycles. The van der Waals surface area contributed by atoms with Crippen LogP contribution in [0.4, 0.5) is 0 Å². The molecule has 1 aliphatic rings. The minimum Gasteiger partial charge on any atom is -0.465 e. The van der Waals surface area contributed by atoms with Crippen molar-refractivity contribution in [2.75, 3.05) is 20.2 Å². The van der Waals surface area contributed by atoms with Crippen molar-refractivity contribution in [3.8, 4) is 0 Å². The van der Waals surface area contributed by atoms with Crippen LogP contribution in [0.1, 0.15) is 21.5 Å². The summed E-state index contributed by atoms with van der Waals surface area (Å²) >= 11 is 0. The zero-order chi connectivity index (χ0) is 11.5. The third kappa shape index (κ3) is 2.08. The molecule has 16 heavy (non-hydrogen) atoms. The highest BCUT2D eigenvalue weighted by molar-refractivity contribution is 5.89. The Kier molecular flexibility index (Phi) is 3.22. The number of methoxy groups -OCH3 is 1. The van der Waals surface area contributed by atoms with Crippen LogP contribution in [0.3, 0.4) is 0 Å². The molecule has 0 fully saturated rings.